The van der Waals surface area contributed by atoms with Crippen molar-refractivity contribution >= 4 is 22.6 Å². The fourth-order valence-electron chi connectivity index (χ4n) is 3.97. The molecule has 1 rings (SSSR count). The van der Waals surface area contributed by atoms with E-state index in [0.717, 1.165) is 24.8 Å². The van der Waals surface area contributed by atoms with E-state index in [0.29, 0.717) is 23.5 Å². The first-order valence-corrected chi connectivity index (χ1v) is 19.9. The summed E-state index contributed by atoms with van der Waals surface area (Å²) in [6, 6.07) is 3.65. The van der Waals surface area contributed by atoms with Gasteiger partial charge in [-0.2, -0.15) is 0 Å². The number of carbonyl (C=O) groups excluding carboxylic acids is 1. The van der Waals surface area contributed by atoms with Crippen LogP contribution in [0, 0.1) is 0 Å². The van der Waals surface area contributed by atoms with Crippen LogP contribution in [0.4, 0.5) is 0 Å². The molecule has 38 heavy (non-hydrogen) atoms. The number of hydrogen-bond acceptors (Lipinski definition) is 6. The van der Waals surface area contributed by atoms with Gasteiger partial charge in [0, 0.05) is 12.2 Å². The van der Waals surface area contributed by atoms with Crippen molar-refractivity contribution in [3.8, 4) is 11.5 Å². The van der Waals surface area contributed by atoms with Crippen molar-refractivity contribution in [1.29, 1.82) is 0 Å². The fraction of sp³-hybridized carbons (Fsp3) is 0.767. The number of ether oxygens (including phenoxy) is 3. The highest BCUT2D eigenvalue weighted by Gasteiger charge is 2.42. The van der Waals surface area contributed by atoms with Crippen molar-refractivity contribution in [2.45, 2.75) is 130 Å². The molecule has 0 heterocycles. The molecule has 0 amide bonds. The third-order valence-electron chi connectivity index (χ3n) is 8.21. The SMILES string of the molecule is CCC[C@@H](C[C@H](Cc1cc(OC)cc(OC)c1C(=O)OCC)O[Si](C)(C)C(C)(C)C)O[Si](C)(C)C(C)(C)C. The maximum absolute atomic E-state index is 13.1. The van der Waals surface area contributed by atoms with Crippen molar-refractivity contribution in [1.82, 2.24) is 0 Å². The van der Waals surface area contributed by atoms with Crippen LogP contribution in [0.25, 0.3) is 0 Å². The van der Waals surface area contributed by atoms with Crippen molar-refractivity contribution in [3.05, 3.63) is 23.3 Å². The Hall–Kier alpha value is -1.36. The quantitative estimate of drug-likeness (QED) is 0.166. The van der Waals surface area contributed by atoms with E-state index in [1.807, 2.05) is 13.0 Å². The van der Waals surface area contributed by atoms with Gasteiger partial charge in [0.05, 0.1) is 26.9 Å². The molecule has 0 saturated heterocycles. The van der Waals surface area contributed by atoms with E-state index < -0.39 is 22.6 Å². The van der Waals surface area contributed by atoms with E-state index in [4.69, 9.17) is 23.1 Å². The van der Waals surface area contributed by atoms with Crippen molar-refractivity contribution in [2.75, 3.05) is 20.8 Å². The summed E-state index contributed by atoms with van der Waals surface area (Å²) in [5, 5.41) is 0.161. The van der Waals surface area contributed by atoms with Gasteiger partial charge in [0.25, 0.3) is 0 Å². The smallest absolute Gasteiger partial charge is 0.342 e. The third kappa shape index (κ3) is 9.38. The number of esters is 1. The van der Waals surface area contributed by atoms with Gasteiger partial charge in [-0.3, -0.25) is 0 Å². The topological polar surface area (TPSA) is 63.2 Å². The fourth-order valence-corrected chi connectivity index (χ4v) is 6.73. The molecular weight excluding hydrogens is 512 g/mol. The van der Waals surface area contributed by atoms with Gasteiger partial charge in [0.2, 0.25) is 0 Å². The van der Waals surface area contributed by atoms with E-state index in [1.54, 1.807) is 20.3 Å². The molecule has 0 aliphatic heterocycles. The molecule has 0 spiro atoms. The Kier molecular flexibility index (Phi) is 12.6. The average molecular weight is 569 g/mol. The Morgan fingerprint density at radius 1 is 0.842 bits per heavy atom. The molecule has 0 N–H and O–H groups in total. The van der Waals surface area contributed by atoms with E-state index in [2.05, 4.69) is 74.7 Å². The summed E-state index contributed by atoms with van der Waals surface area (Å²) in [4.78, 5) is 13.1. The van der Waals surface area contributed by atoms with E-state index in [1.165, 1.54) is 0 Å². The van der Waals surface area contributed by atoms with Crippen LogP contribution >= 0.6 is 0 Å². The van der Waals surface area contributed by atoms with Crippen LogP contribution in [-0.4, -0.2) is 55.6 Å². The number of rotatable bonds is 14. The summed E-state index contributed by atoms with van der Waals surface area (Å²) in [7, 11) is -0.934. The highest BCUT2D eigenvalue weighted by molar-refractivity contribution is 6.74. The van der Waals surface area contributed by atoms with Gasteiger partial charge in [0.15, 0.2) is 16.6 Å². The summed E-state index contributed by atoms with van der Waals surface area (Å²) in [5.74, 6) is 0.695. The highest BCUT2D eigenvalue weighted by Crippen LogP contribution is 2.41. The van der Waals surface area contributed by atoms with Crippen LogP contribution in [0.5, 0.6) is 11.5 Å². The van der Waals surface area contributed by atoms with Gasteiger partial charge in [-0.1, -0.05) is 54.9 Å². The first-order valence-electron chi connectivity index (χ1n) is 14.1. The largest absolute Gasteiger partial charge is 0.497 e. The van der Waals surface area contributed by atoms with Crippen molar-refractivity contribution < 1.29 is 27.9 Å². The molecule has 0 bridgehead atoms. The molecule has 1 aromatic carbocycles. The van der Waals surface area contributed by atoms with Gasteiger partial charge in [-0.25, -0.2) is 4.79 Å². The molecule has 1 aromatic rings. The monoisotopic (exact) mass is 568 g/mol. The van der Waals surface area contributed by atoms with Gasteiger partial charge in [-0.05, 0) is 74.1 Å². The van der Waals surface area contributed by atoms with Crippen LogP contribution in [0.15, 0.2) is 12.1 Å². The van der Waals surface area contributed by atoms with Crippen molar-refractivity contribution in [2.24, 2.45) is 0 Å². The summed E-state index contributed by atoms with van der Waals surface area (Å²) in [5.41, 5.74) is 1.25. The van der Waals surface area contributed by atoms with Crippen LogP contribution in [0.2, 0.25) is 36.3 Å². The minimum Gasteiger partial charge on any atom is -0.497 e. The summed E-state index contributed by atoms with van der Waals surface area (Å²) < 4.78 is 30.6. The maximum Gasteiger partial charge on any atom is 0.342 e. The lowest BCUT2D eigenvalue weighted by Crippen LogP contribution is -2.47. The maximum atomic E-state index is 13.1. The highest BCUT2D eigenvalue weighted by atomic mass is 28.4. The second-order valence-corrected chi connectivity index (χ2v) is 22.8. The Bertz CT molecular complexity index is 899. The van der Waals surface area contributed by atoms with Crippen molar-refractivity contribution in [3.63, 3.8) is 0 Å². The molecule has 0 aliphatic rings. The zero-order chi connectivity index (χ0) is 29.5. The lowest BCUT2D eigenvalue weighted by molar-refractivity contribution is 0.0519. The summed E-state index contributed by atoms with van der Waals surface area (Å²) in [6.45, 7) is 27.1. The summed E-state index contributed by atoms with van der Waals surface area (Å²) >= 11 is 0. The minimum absolute atomic E-state index is 0.0435. The Balaban J connectivity index is 3.61. The molecular formula is C30H56O6Si2. The van der Waals surface area contributed by atoms with Crippen LogP contribution in [0.3, 0.4) is 0 Å². The van der Waals surface area contributed by atoms with Gasteiger partial charge in [-0.15, -0.1) is 0 Å². The van der Waals surface area contributed by atoms with E-state index in [-0.39, 0.29) is 28.9 Å². The van der Waals surface area contributed by atoms with Gasteiger partial charge in [0.1, 0.15) is 17.1 Å². The predicted octanol–water partition coefficient (Wildman–Crippen LogP) is 8.39. The van der Waals surface area contributed by atoms with Crippen LogP contribution in [-0.2, 0) is 20.0 Å². The number of carbonyl (C=O) groups is 1. The molecule has 8 heteroatoms. The van der Waals surface area contributed by atoms with E-state index in [9.17, 15) is 4.79 Å². The first kappa shape index (κ1) is 34.7. The zero-order valence-electron chi connectivity index (χ0n) is 26.8. The second kappa shape index (κ2) is 13.8. The second-order valence-electron chi connectivity index (χ2n) is 13.3. The normalized spacial score (nSPS) is 14.7. The van der Waals surface area contributed by atoms with Gasteiger partial charge >= 0.3 is 5.97 Å². The molecule has 0 radical (unpaired) electrons. The average Bonchev–Trinajstić information content (AvgIpc) is 2.76. The number of methoxy groups -OCH3 is 2. The molecule has 220 valence electrons. The first-order chi connectivity index (χ1) is 17.3. The minimum atomic E-state index is -2.13. The Morgan fingerprint density at radius 3 is 1.79 bits per heavy atom. The van der Waals surface area contributed by atoms with Gasteiger partial charge < -0.3 is 23.1 Å². The number of benzene rings is 1. The molecule has 0 saturated carbocycles. The van der Waals surface area contributed by atoms with Crippen LogP contribution < -0.4 is 9.47 Å². The third-order valence-corrected chi connectivity index (χ3v) is 17.3. The molecule has 6 nitrogen and oxygen atoms in total. The number of hydrogen-bond donors (Lipinski definition) is 0. The molecule has 0 aromatic heterocycles. The standard InChI is InChI=1S/C30H56O6Si2/c1-15-17-23(35-37(11,12)29(3,4)5)20-25(36-38(13,14)30(6,7)8)19-22-18-24(32-9)21-26(33-10)27(22)28(31)34-16-2/h18,21,23,25H,15-17,19-20H2,1-14H3/t23-,25-/m0/s1. The molecule has 0 unspecified atom stereocenters. The Labute approximate surface area is 235 Å². The lowest BCUT2D eigenvalue weighted by atomic mass is 9.96. The molecule has 0 fully saturated rings. The molecule has 2 atom stereocenters. The van der Waals surface area contributed by atoms with E-state index >= 15 is 0 Å². The lowest BCUT2D eigenvalue weighted by Gasteiger charge is -2.42. The zero-order valence-corrected chi connectivity index (χ0v) is 28.8. The summed E-state index contributed by atoms with van der Waals surface area (Å²) in [6.07, 6.45) is 3.24. The molecule has 0 aliphatic carbocycles. The predicted molar refractivity (Wildman–Crippen MR) is 163 cm³/mol. The Morgan fingerprint density at radius 2 is 1.37 bits per heavy atom. The van der Waals surface area contributed by atoms with Crippen LogP contribution in [0.1, 0.15) is 90.6 Å².